The van der Waals surface area contributed by atoms with Gasteiger partial charge in [0.2, 0.25) is 0 Å². The lowest BCUT2D eigenvalue weighted by molar-refractivity contribution is -0.139. The summed E-state index contributed by atoms with van der Waals surface area (Å²) in [4.78, 5) is 29.7. The molecule has 2 aromatic carbocycles. The number of hydrogen-bond donors (Lipinski definition) is 0. The van der Waals surface area contributed by atoms with Crippen molar-refractivity contribution in [3.8, 4) is 11.4 Å². The summed E-state index contributed by atoms with van der Waals surface area (Å²) in [6, 6.07) is 12.7. The number of aromatic nitrogens is 2. The Labute approximate surface area is 161 Å². The van der Waals surface area contributed by atoms with Crippen LogP contribution < -0.4 is 10.3 Å². The van der Waals surface area contributed by atoms with E-state index in [2.05, 4.69) is 4.98 Å². The zero-order valence-corrected chi connectivity index (χ0v) is 16.2. The Hall–Kier alpha value is -2.80. The number of methoxy groups -OCH3 is 1. The Balaban J connectivity index is 2.19. The van der Waals surface area contributed by atoms with Gasteiger partial charge in [0.05, 0.1) is 36.1 Å². The summed E-state index contributed by atoms with van der Waals surface area (Å²) in [6.45, 7) is 3.95. The fraction of sp³-hybridized carbons (Fsp3) is 0.250. The molecule has 0 bridgehead atoms. The van der Waals surface area contributed by atoms with E-state index in [1.54, 1.807) is 32.2 Å². The van der Waals surface area contributed by atoms with E-state index in [-0.39, 0.29) is 17.3 Å². The number of ether oxygens (including phenoxy) is 2. The van der Waals surface area contributed by atoms with Gasteiger partial charge in [-0.1, -0.05) is 30.0 Å². The molecule has 7 heteroatoms. The van der Waals surface area contributed by atoms with Crippen LogP contribution in [0.3, 0.4) is 0 Å². The summed E-state index contributed by atoms with van der Waals surface area (Å²) >= 11 is 1.17. The molecule has 0 fully saturated rings. The molecule has 0 N–H and O–H groups in total. The molecule has 0 aliphatic carbocycles. The third-order valence-corrected chi connectivity index (χ3v) is 4.92. The fourth-order valence-corrected chi connectivity index (χ4v) is 3.59. The standard InChI is InChI=1S/C20H20N2O4S/c1-4-26-17(23)12-27-20-21-16-10-5-7-13(2)18(16)19(24)22(20)14-8-6-9-15(11-14)25-3/h5-11H,4,12H2,1-3H3. The highest BCUT2D eigenvalue weighted by molar-refractivity contribution is 7.99. The quantitative estimate of drug-likeness (QED) is 0.369. The molecule has 0 aliphatic rings. The molecule has 27 heavy (non-hydrogen) atoms. The molecule has 0 spiro atoms. The molecule has 140 valence electrons. The minimum atomic E-state index is -0.349. The van der Waals surface area contributed by atoms with Gasteiger partial charge in [-0.05, 0) is 37.6 Å². The number of nitrogens with zero attached hydrogens (tertiary/aromatic N) is 2. The van der Waals surface area contributed by atoms with Crippen LogP contribution >= 0.6 is 11.8 Å². The minimum Gasteiger partial charge on any atom is -0.497 e. The first-order chi connectivity index (χ1) is 13.0. The first-order valence-corrected chi connectivity index (χ1v) is 9.49. The number of carbonyl (C=O) groups is 1. The molecule has 0 saturated carbocycles. The molecular formula is C20H20N2O4S. The van der Waals surface area contributed by atoms with Crippen molar-refractivity contribution in [2.24, 2.45) is 0 Å². The van der Waals surface area contributed by atoms with Crippen LogP contribution in [0.15, 0.2) is 52.4 Å². The van der Waals surface area contributed by atoms with Crippen molar-refractivity contribution in [2.45, 2.75) is 19.0 Å². The number of rotatable bonds is 6. The minimum absolute atomic E-state index is 0.0710. The molecule has 3 rings (SSSR count). The summed E-state index contributed by atoms with van der Waals surface area (Å²) < 4.78 is 11.8. The summed E-state index contributed by atoms with van der Waals surface area (Å²) in [5.74, 6) is 0.352. The lowest BCUT2D eigenvalue weighted by Crippen LogP contribution is -2.23. The van der Waals surface area contributed by atoms with Gasteiger partial charge in [-0.2, -0.15) is 0 Å². The summed E-state index contributed by atoms with van der Waals surface area (Å²) in [6.07, 6.45) is 0. The Kier molecular flexibility index (Phi) is 5.81. The molecule has 0 amide bonds. The smallest absolute Gasteiger partial charge is 0.316 e. The number of carbonyl (C=O) groups excluding carboxylic acids is 1. The topological polar surface area (TPSA) is 70.4 Å². The third kappa shape index (κ3) is 3.98. The average molecular weight is 384 g/mol. The van der Waals surface area contributed by atoms with Crippen molar-refractivity contribution in [1.82, 2.24) is 9.55 Å². The average Bonchev–Trinajstić information content (AvgIpc) is 2.66. The van der Waals surface area contributed by atoms with Crippen LogP contribution in [0, 0.1) is 6.92 Å². The van der Waals surface area contributed by atoms with Crippen LogP contribution in [0.1, 0.15) is 12.5 Å². The maximum atomic E-state index is 13.3. The Bertz CT molecular complexity index is 1050. The van der Waals surface area contributed by atoms with Gasteiger partial charge in [0.15, 0.2) is 5.16 Å². The second-order valence-corrected chi connectivity index (χ2v) is 6.74. The molecule has 0 aliphatic heterocycles. The van der Waals surface area contributed by atoms with Gasteiger partial charge in [0, 0.05) is 6.07 Å². The van der Waals surface area contributed by atoms with E-state index in [0.29, 0.717) is 34.1 Å². The highest BCUT2D eigenvalue weighted by Crippen LogP contribution is 2.24. The molecule has 1 aromatic heterocycles. The third-order valence-electron chi connectivity index (χ3n) is 4.01. The molecule has 6 nitrogen and oxygen atoms in total. The van der Waals surface area contributed by atoms with E-state index < -0.39 is 0 Å². The first kappa shape index (κ1) is 19.0. The maximum Gasteiger partial charge on any atom is 0.316 e. The van der Waals surface area contributed by atoms with Gasteiger partial charge in [0.1, 0.15) is 5.75 Å². The van der Waals surface area contributed by atoms with Crippen molar-refractivity contribution in [3.63, 3.8) is 0 Å². The number of thioether (sulfide) groups is 1. The summed E-state index contributed by atoms with van der Waals surface area (Å²) in [5.41, 5.74) is 1.90. The van der Waals surface area contributed by atoms with E-state index >= 15 is 0 Å². The van der Waals surface area contributed by atoms with Crippen LogP contribution in [-0.4, -0.2) is 35.0 Å². The van der Waals surface area contributed by atoms with Gasteiger partial charge in [-0.25, -0.2) is 4.98 Å². The van der Waals surface area contributed by atoms with Crippen molar-refractivity contribution in [1.29, 1.82) is 0 Å². The molecule has 0 radical (unpaired) electrons. The Morgan fingerprint density at radius 2 is 2.00 bits per heavy atom. The first-order valence-electron chi connectivity index (χ1n) is 8.50. The van der Waals surface area contributed by atoms with Crippen LogP contribution in [0.2, 0.25) is 0 Å². The van der Waals surface area contributed by atoms with E-state index in [1.807, 2.05) is 31.2 Å². The number of esters is 1. The largest absolute Gasteiger partial charge is 0.497 e. The zero-order chi connectivity index (χ0) is 19.4. The maximum absolute atomic E-state index is 13.3. The van der Waals surface area contributed by atoms with E-state index in [1.165, 1.54) is 16.3 Å². The predicted molar refractivity (Wildman–Crippen MR) is 106 cm³/mol. The number of aryl methyl sites for hydroxylation is 1. The van der Waals surface area contributed by atoms with E-state index in [4.69, 9.17) is 9.47 Å². The number of benzene rings is 2. The highest BCUT2D eigenvalue weighted by Gasteiger charge is 2.16. The molecule has 3 aromatic rings. The summed E-state index contributed by atoms with van der Waals surface area (Å²) in [5, 5.41) is 0.986. The van der Waals surface area contributed by atoms with Crippen molar-refractivity contribution in [2.75, 3.05) is 19.5 Å². The molecule has 0 unspecified atom stereocenters. The summed E-state index contributed by atoms with van der Waals surface area (Å²) in [7, 11) is 1.57. The molecule has 0 saturated heterocycles. The normalized spacial score (nSPS) is 10.8. The van der Waals surface area contributed by atoms with Crippen molar-refractivity contribution < 1.29 is 14.3 Å². The Morgan fingerprint density at radius 3 is 2.74 bits per heavy atom. The lowest BCUT2D eigenvalue weighted by atomic mass is 10.1. The van der Waals surface area contributed by atoms with Crippen LogP contribution in [0.25, 0.3) is 16.6 Å². The van der Waals surface area contributed by atoms with Crippen LogP contribution in [0.4, 0.5) is 0 Å². The lowest BCUT2D eigenvalue weighted by Gasteiger charge is -2.14. The molecule has 1 heterocycles. The number of hydrogen-bond acceptors (Lipinski definition) is 6. The highest BCUT2D eigenvalue weighted by atomic mass is 32.2. The predicted octanol–water partition coefficient (Wildman–Crippen LogP) is 3.36. The van der Waals surface area contributed by atoms with Gasteiger partial charge in [-0.3, -0.25) is 14.2 Å². The second-order valence-electron chi connectivity index (χ2n) is 5.80. The molecule has 0 atom stereocenters. The van der Waals surface area contributed by atoms with Crippen molar-refractivity contribution in [3.05, 3.63) is 58.4 Å². The van der Waals surface area contributed by atoms with Crippen LogP contribution in [0.5, 0.6) is 5.75 Å². The van der Waals surface area contributed by atoms with E-state index in [0.717, 1.165) is 5.56 Å². The fourth-order valence-electron chi connectivity index (χ4n) is 2.78. The van der Waals surface area contributed by atoms with Crippen LogP contribution in [-0.2, 0) is 9.53 Å². The Morgan fingerprint density at radius 1 is 1.22 bits per heavy atom. The van der Waals surface area contributed by atoms with E-state index in [9.17, 15) is 9.59 Å². The second kappa shape index (κ2) is 8.26. The zero-order valence-electron chi connectivity index (χ0n) is 15.4. The molecular weight excluding hydrogens is 364 g/mol. The monoisotopic (exact) mass is 384 g/mol. The van der Waals surface area contributed by atoms with Gasteiger partial charge in [0.25, 0.3) is 5.56 Å². The van der Waals surface area contributed by atoms with Gasteiger partial charge >= 0.3 is 5.97 Å². The SMILES string of the molecule is CCOC(=O)CSc1nc2cccc(C)c2c(=O)n1-c1cccc(OC)c1. The number of fused-ring (bicyclic) bond motifs is 1. The van der Waals surface area contributed by atoms with Gasteiger partial charge in [-0.15, -0.1) is 0 Å². The van der Waals surface area contributed by atoms with Gasteiger partial charge < -0.3 is 9.47 Å². The van der Waals surface area contributed by atoms with Crippen molar-refractivity contribution >= 4 is 28.6 Å².